The molecule has 1 saturated heterocycles. The van der Waals surface area contributed by atoms with Gasteiger partial charge in [-0.25, -0.2) is 18.2 Å². The van der Waals surface area contributed by atoms with E-state index in [4.69, 9.17) is 4.98 Å². The highest BCUT2D eigenvalue weighted by Crippen LogP contribution is 2.50. The number of aromatic nitrogens is 1. The van der Waals surface area contributed by atoms with Crippen molar-refractivity contribution in [3.63, 3.8) is 0 Å². The Morgan fingerprint density at radius 3 is 2.42 bits per heavy atom. The van der Waals surface area contributed by atoms with Crippen LogP contribution in [0.1, 0.15) is 54.1 Å². The van der Waals surface area contributed by atoms with Crippen molar-refractivity contribution in [1.82, 2.24) is 20.5 Å². The van der Waals surface area contributed by atoms with Gasteiger partial charge in [-0.15, -0.1) is 11.3 Å². The maximum absolute atomic E-state index is 14.7. The smallest absolute Gasteiger partial charge is 0.254 e. The third kappa shape index (κ3) is 5.99. The first-order chi connectivity index (χ1) is 20.6. The van der Waals surface area contributed by atoms with E-state index in [2.05, 4.69) is 16.7 Å². The molecule has 2 N–H and O–H groups in total. The molecule has 2 aliphatic carbocycles. The van der Waals surface area contributed by atoms with Crippen molar-refractivity contribution >= 4 is 29.1 Å². The molecule has 8 nitrogen and oxygen atoms in total. The quantitative estimate of drug-likeness (QED) is 0.415. The molecule has 3 aromatic rings. The number of halogens is 3. The molecule has 222 valence electrons. The van der Waals surface area contributed by atoms with Gasteiger partial charge in [0, 0.05) is 43.0 Å². The number of hydrogen-bond acceptors (Lipinski definition) is 6. The van der Waals surface area contributed by atoms with E-state index >= 15 is 0 Å². The van der Waals surface area contributed by atoms with Crippen molar-refractivity contribution in [2.45, 2.75) is 49.5 Å². The maximum Gasteiger partial charge on any atom is 0.254 e. The molecule has 0 spiro atoms. The standard InChI is InChI=1S/C31H28F3N5O3S/c32-21-7-5-19(6-8-21)28-37-25(22-9-10-31(33,34)15-23(22)27(41)38-30(17-35)11-12-30)26(43-28)18-1-3-20(4-2-18)29(42)39-14-13-36-24(40)16-39/h1-8,22-23H,9-16H2,(H,36,40)(H,38,41). The predicted octanol–water partition coefficient (Wildman–Crippen LogP) is 4.88. The lowest BCUT2D eigenvalue weighted by molar-refractivity contribution is -0.134. The van der Waals surface area contributed by atoms with Crippen LogP contribution in [0.15, 0.2) is 48.5 Å². The molecular weight excluding hydrogens is 579 g/mol. The molecule has 3 fully saturated rings. The second-order valence-corrected chi connectivity index (χ2v) is 12.4. The third-order valence-corrected chi connectivity index (χ3v) is 9.47. The summed E-state index contributed by atoms with van der Waals surface area (Å²) in [4.78, 5) is 45.2. The number of benzene rings is 2. The summed E-state index contributed by atoms with van der Waals surface area (Å²) in [6.45, 7) is 0.752. The lowest BCUT2D eigenvalue weighted by atomic mass is 9.74. The van der Waals surface area contributed by atoms with Crippen LogP contribution in [0.3, 0.4) is 0 Å². The molecule has 43 heavy (non-hydrogen) atoms. The van der Waals surface area contributed by atoms with Crippen molar-refractivity contribution in [1.29, 1.82) is 5.26 Å². The van der Waals surface area contributed by atoms with E-state index in [1.165, 1.54) is 28.4 Å². The summed E-state index contributed by atoms with van der Waals surface area (Å²) in [5.41, 5.74) is 1.19. The number of nitrogens with zero attached hydrogens (tertiary/aromatic N) is 3. The zero-order chi connectivity index (χ0) is 30.4. The predicted molar refractivity (Wildman–Crippen MR) is 153 cm³/mol. The van der Waals surface area contributed by atoms with Gasteiger partial charge in [-0.1, -0.05) is 12.1 Å². The highest BCUT2D eigenvalue weighted by molar-refractivity contribution is 7.18. The molecule has 3 amide bonds. The summed E-state index contributed by atoms with van der Waals surface area (Å²) >= 11 is 1.30. The molecule has 0 bridgehead atoms. The van der Waals surface area contributed by atoms with E-state index in [0.717, 1.165) is 0 Å². The lowest BCUT2D eigenvalue weighted by Crippen LogP contribution is -2.49. The molecule has 3 aliphatic rings. The SMILES string of the molecule is N#CC1(NC(=O)C2CC(F)(F)CCC2c2nc(-c3ccc(F)cc3)sc2-c2ccc(C(=O)N3CCNC(=O)C3)cc2)CC1. The minimum Gasteiger partial charge on any atom is -0.353 e. The van der Waals surface area contributed by atoms with Gasteiger partial charge in [-0.3, -0.25) is 14.4 Å². The fourth-order valence-electron chi connectivity index (χ4n) is 5.72. The number of alkyl halides is 2. The summed E-state index contributed by atoms with van der Waals surface area (Å²) < 4.78 is 43.1. The van der Waals surface area contributed by atoms with E-state index in [1.54, 1.807) is 36.4 Å². The molecule has 2 heterocycles. The second kappa shape index (κ2) is 11.1. The Bertz CT molecular complexity index is 1610. The number of amides is 3. The van der Waals surface area contributed by atoms with Gasteiger partial charge in [0.2, 0.25) is 17.7 Å². The zero-order valence-electron chi connectivity index (χ0n) is 23.0. The normalized spacial score (nSPS) is 22.3. The van der Waals surface area contributed by atoms with Crippen LogP contribution in [0, 0.1) is 23.1 Å². The number of thiazole rings is 1. The van der Waals surface area contributed by atoms with Gasteiger partial charge in [0.05, 0.1) is 29.1 Å². The Kier molecular flexibility index (Phi) is 7.46. The minimum absolute atomic E-state index is 0.0117. The first-order valence-corrected chi connectivity index (χ1v) is 14.9. The van der Waals surface area contributed by atoms with Crippen molar-refractivity contribution in [2.75, 3.05) is 19.6 Å². The molecule has 1 aromatic heterocycles. The van der Waals surface area contributed by atoms with Gasteiger partial charge in [-0.2, -0.15) is 5.26 Å². The highest BCUT2D eigenvalue weighted by Gasteiger charge is 2.51. The van der Waals surface area contributed by atoms with Gasteiger partial charge < -0.3 is 15.5 Å². The Balaban J connectivity index is 1.37. The van der Waals surface area contributed by atoms with Crippen molar-refractivity contribution in [3.8, 4) is 27.1 Å². The number of piperazine rings is 1. The molecule has 6 rings (SSSR count). The van der Waals surface area contributed by atoms with Crippen molar-refractivity contribution in [3.05, 3.63) is 65.6 Å². The summed E-state index contributed by atoms with van der Waals surface area (Å²) in [6.07, 6.45) is -0.104. The monoisotopic (exact) mass is 607 g/mol. The summed E-state index contributed by atoms with van der Waals surface area (Å²) in [7, 11) is 0. The van der Waals surface area contributed by atoms with Gasteiger partial charge in [-0.05, 0) is 61.2 Å². The Morgan fingerprint density at radius 1 is 1.07 bits per heavy atom. The Morgan fingerprint density at radius 2 is 1.77 bits per heavy atom. The summed E-state index contributed by atoms with van der Waals surface area (Å²) in [5, 5.41) is 15.4. The molecule has 2 saturated carbocycles. The topological polar surface area (TPSA) is 115 Å². The number of nitriles is 1. The van der Waals surface area contributed by atoms with Crippen LogP contribution in [0.4, 0.5) is 13.2 Å². The molecular formula is C31H28F3N5O3S. The van der Waals surface area contributed by atoms with Crippen LogP contribution in [-0.2, 0) is 9.59 Å². The molecule has 0 radical (unpaired) electrons. The molecule has 12 heteroatoms. The third-order valence-electron chi connectivity index (χ3n) is 8.30. The first-order valence-electron chi connectivity index (χ1n) is 14.1. The van der Waals surface area contributed by atoms with E-state index < -0.39 is 47.9 Å². The van der Waals surface area contributed by atoms with Crippen LogP contribution in [0.25, 0.3) is 21.0 Å². The minimum atomic E-state index is -3.04. The first kappa shape index (κ1) is 28.9. The number of rotatable bonds is 6. The van der Waals surface area contributed by atoms with Crippen LogP contribution in [0.2, 0.25) is 0 Å². The van der Waals surface area contributed by atoms with Crippen molar-refractivity contribution in [2.24, 2.45) is 5.92 Å². The van der Waals surface area contributed by atoms with Crippen LogP contribution >= 0.6 is 11.3 Å². The van der Waals surface area contributed by atoms with Crippen LogP contribution in [0.5, 0.6) is 0 Å². The van der Waals surface area contributed by atoms with Gasteiger partial charge >= 0.3 is 0 Å². The van der Waals surface area contributed by atoms with Crippen molar-refractivity contribution < 1.29 is 27.6 Å². The van der Waals surface area contributed by atoms with Crippen LogP contribution in [-0.4, -0.2) is 58.7 Å². The number of hydrogen-bond donors (Lipinski definition) is 2. The number of nitrogens with one attached hydrogen (secondary N) is 2. The van der Waals surface area contributed by atoms with E-state index in [1.807, 2.05) is 0 Å². The maximum atomic E-state index is 14.7. The number of carbonyl (C=O) groups excluding carboxylic acids is 3. The fourth-order valence-corrected chi connectivity index (χ4v) is 6.87. The largest absolute Gasteiger partial charge is 0.353 e. The Hall–Kier alpha value is -4.24. The van der Waals surface area contributed by atoms with Gasteiger partial charge in [0.1, 0.15) is 16.4 Å². The molecule has 2 atom stereocenters. The fraction of sp³-hybridized carbons (Fsp3) is 0.387. The number of carbonyl (C=O) groups is 3. The molecule has 2 aromatic carbocycles. The molecule has 2 unspecified atom stereocenters. The summed E-state index contributed by atoms with van der Waals surface area (Å²) in [6, 6.07) is 14.7. The molecule has 1 aliphatic heterocycles. The Labute approximate surface area is 249 Å². The lowest BCUT2D eigenvalue weighted by Gasteiger charge is -2.35. The highest BCUT2D eigenvalue weighted by atomic mass is 32.1. The van der Waals surface area contributed by atoms with Gasteiger partial charge in [0.15, 0.2) is 0 Å². The van der Waals surface area contributed by atoms with E-state index in [9.17, 15) is 32.8 Å². The van der Waals surface area contributed by atoms with Crippen LogP contribution < -0.4 is 10.6 Å². The average Bonchev–Trinajstić information content (AvgIpc) is 3.64. The van der Waals surface area contributed by atoms with E-state index in [0.29, 0.717) is 58.2 Å². The average molecular weight is 608 g/mol. The second-order valence-electron chi connectivity index (χ2n) is 11.4. The zero-order valence-corrected chi connectivity index (χ0v) is 23.9. The van der Waals surface area contributed by atoms with E-state index in [-0.39, 0.29) is 24.8 Å². The summed E-state index contributed by atoms with van der Waals surface area (Å²) in [5.74, 6) is -6.30. The van der Waals surface area contributed by atoms with Gasteiger partial charge in [0.25, 0.3) is 5.91 Å².